The molecule has 57 heteroatoms. The molecule has 0 spiro atoms. The van der Waals surface area contributed by atoms with Gasteiger partial charge in [0.1, 0.15) is 0 Å². The monoisotopic (exact) mass is 2290 g/mol. The van der Waals surface area contributed by atoms with Crippen molar-refractivity contribution in [2.45, 2.75) is 392 Å². The molecule has 150 heavy (non-hydrogen) atoms. The molecule has 0 radical (unpaired) electrons. The van der Waals surface area contributed by atoms with Gasteiger partial charge in [0.2, 0.25) is 0 Å². The highest BCUT2D eigenvalue weighted by atomic mass is 19.5. The van der Waals surface area contributed by atoms with E-state index in [2.05, 4.69) is 0 Å². The van der Waals surface area contributed by atoms with E-state index in [0.717, 1.165) is 6.42 Å². The Kier molecular flexibility index (Phi) is 34.9. The molecule has 3 aromatic carbocycles. The maximum absolute atomic E-state index is 16.0. The predicted molar refractivity (Wildman–Crippen MR) is 418 cm³/mol. The molecule has 0 bridgehead atoms. The number of benzene rings is 3. The van der Waals surface area contributed by atoms with Crippen molar-refractivity contribution in [2.75, 3.05) is 0 Å². The average molecular weight is 2300 g/mol. The van der Waals surface area contributed by atoms with Crippen molar-refractivity contribution in [3.8, 4) is 0 Å². The maximum Gasteiger partial charge on any atom is 0.460 e. The minimum atomic E-state index is -9.24. The molecule has 3 unspecified atom stereocenters. The van der Waals surface area contributed by atoms with Crippen LogP contribution >= 0.6 is 0 Å². The fourth-order valence-electron chi connectivity index (χ4n) is 23.0. The third-order valence-electron chi connectivity index (χ3n) is 32.3. The van der Waals surface area contributed by atoms with E-state index in [0.29, 0.717) is 139 Å². The molecule has 0 nitrogen and oxygen atoms in total. The molecular formula is C93H95F57. The zero-order chi connectivity index (χ0) is 115. The zero-order valence-corrected chi connectivity index (χ0v) is 77.8. The molecule has 0 saturated heterocycles. The molecule has 866 valence electrons. The minimum Gasteiger partial charge on any atom is -0.194 e. The third-order valence-corrected chi connectivity index (χ3v) is 32.3. The Hall–Kier alpha value is -6.33. The van der Waals surface area contributed by atoms with E-state index in [9.17, 15) is 154 Å². The Morgan fingerprint density at radius 2 is 0.400 bits per heavy atom. The summed E-state index contributed by atoms with van der Waals surface area (Å²) < 4.78 is 828. The van der Waals surface area contributed by atoms with Crippen molar-refractivity contribution in [3.63, 3.8) is 0 Å². The summed E-state index contributed by atoms with van der Waals surface area (Å²) in [5.74, 6) is -215. The van der Waals surface area contributed by atoms with Crippen LogP contribution in [-0.4, -0.2) is 143 Å². The van der Waals surface area contributed by atoms with Crippen LogP contribution in [0.2, 0.25) is 0 Å². The molecule has 3 aromatic rings. The smallest absolute Gasteiger partial charge is 0.194 e. The fourth-order valence-corrected chi connectivity index (χ4v) is 23.0. The molecule has 6 aliphatic rings. The lowest BCUT2D eigenvalue weighted by molar-refractivity contribution is -0.469. The van der Waals surface area contributed by atoms with Gasteiger partial charge < -0.3 is 0 Å². The first-order valence-electron chi connectivity index (χ1n) is 46.9. The first-order chi connectivity index (χ1) is 67.3. The lowest BCUT2D eigenvalue weighted by Crippen LogP contribution is -2.75. The van der Waals surface area contributed by atoms with Crippen molar-refractivity contribution in [2.24, 2.45) is 70.5 Å². The quantitative estimate of drug-likeness (QED) is 0.0497. The van der Waals surface area contributed by atoms with Gasteiger partial charge in [-0.2, -0.15) is 250 Å². The second kappa shape index (κ2) is 41.2. The third kappa shape index (κ3) is 20.1. The van der Waals surface area contributed by atoms with Crippen LogP contribution in [0.1, 0.15) is 265 Å². The van der Waals surface area contributed by atoms with Gasteiger partial charge in [-0.25, -0.2) is 0 Å². The van der Waals surface area contributed by atoms with E-state index in [4.69, 9.17) is 0 Å². The van der Waals surface area contributed by atoms with Crippen molar-refractivity contribution in [1.29, 1.82) is 0 Å². The highest BCUT2D eigenvalue weighted by molar-refractivity contribution is 5.36. The van der Waals surface area contributed by atoms with Gasteiger partial charge in [-0.05, 0) is 214 Å². The van der Waals surface area contributed by atoms with E-state index in [-0.39, 0.29) is 166 Å². The summed E-state index contributed by atoms with van der Waals surface area (Å²) in [6, 6.07) is 1.34. The highest BCUT2D eigenvalue weighted by Crippen LogP contribution is 2.74. The van der Waals surface area contributed by atoms with E-state index in [1.807, 2.05) is 20.8 Å². The van der Waals surface area contributed by atoms with Gasteiger partial charge in [-0.1, -0.05) is 177 Å². The highest BCUT2D eigenvalue weighted by Gasteiger charge is 3.01. The topological polar surface area (TPSA) is 0 Å². The van der Waals surface area contributed by atoms with E-state index in [1.54, 1.807) is 0 Å². The SMILES string of the molecule is CCCC1CCC(CC(C2CCC(c3ccc(C(F)(F)C(F)(F)C(F)(F)C(F)(F)C(F)(F)C(F)(F)C(F)(F)C(F)(F)C(F)(F)F)cc3)CC2)C(CC2CCC(c3ccc(C(F)(F)C(F)(F)C(F)(F)C(F)(F)C(F)(F)C(F)(F)C(F)(F)C(F)(F)C(F)(F)F)cc3)CC2)(C2CCC(C)CC2)C(CC2CCC(CC)CC2)C2CCC(c3ccc(C(F)(F)C(F)(F)C(F)(F)C(F)(F)C(F)(F)C(F)(F)C(F)(F)C(F)(F)C(F)(F)F)cc3)CC2)CC1. The Morgan fingerprint density at radius 3 is 0.613 bits per heavy atom. The molecule has 0 N–H and O–H groups in total. The molecule has 0 aliphatic heterocycles. The summed E-state index contributed by atoms with van der Waals surface area (Å²) >= 11 is 0. The molecule has 6 fully saturated rings. The summed E-state index contributed by atoms with van der Waals surface area (Å²) in [5.41, 5.74) is -9.58. The van der Waals surface area contributed by atoms with Crippen LogP contribution in [0, 0.1) is 70.5 Å². The van der Waals surface area contributed by atoms with Gasteiger partial charge >= 0.3 is 161 Å². The fraction of sp³-hybridized carbons (Fsp3) is 0.806. The molecular weight excluding hydrogens is 2200 g/mol. The Bertz CT molecular complexity index is 4910. The molecule has 0 amide bonds. The van der Waals surface area contributed by atoms with Gasteiger partial charge in [0, 0.05) is 16.7 Å². The van der Waals surface area contributed by atoms with Crippen LogP contribution in [0.15, 0.2) is 72.8 Å². The lowest BCUT2D eigenvalue weighted by atomic mass is 9.44. The number of rotatable bonds is 41. The van der Waals surface area contributed by atoms with Crippen LogP contribution < -0.4 is 0 Å². The van der Waals surface area contributed by atoms with Gasteiger partial charge in [0.15, 0.2) is 0 Å². The van der Waals surface area contributed by atoms with E-state index >= 15 is 96.6 Å². The number of hydrogen-bond donors (Lipinski definition) is 0. The van der Waals surface area contributed by atoms with Crippen LogP contribution in [0.5, 0.6) is 0 Å². The second-order valence-corrected chi connectivity index (χ2v) is 41.0. The normalized spacial score (nSPS) is 25.5. The van der Waals surface area contributed by atoms with Crippen LogP contribution in [-0.2, 0) is 17.8 Å². The van der Waals surface area contributed by atoms with E-state index < -0.39 is 236 Å². The summed E-state index contributed by atoms with van der Waals surface area (Å²) in [5, 5.41) is 0. The summed E-state index contributed by atoms with van der Waals surface area (Å²) in [6.45, 7) is 5.68. The van der Waals surface area contributed by atoms with E-state index in [1.165, 1.54) is 0 Å². The standard InChI is InChI=1S/C93H95F57/c1-4-6-48-11-15-50(16-12-48)44-65(59-27-23-54(24-28-59)57-33-41-63(42-34-57)69(98,99)72(104,105)75(110,111)78(116,117)81(122,123)84(128,129)87(134,135)90(140,141)93(148,149)150)66(60-35-7-46(3)8-36-60,45-51-17-19-52(20-18-51)55-29-37-61(38-30-55)67(94,95)70(100,101)73(106,107)76(112,113)79(118,119)82(124,125)85(130,131)88(136,137)91(142,143)144)64(43-49-13-9-47(5-2)10-14-49)58-25-21-53(22-26-58)56-31-39-62(40-32-56)68(96,97)71(102,103)74(108,109)77(114,115)80(120,121)83(126,127)86(132,133)89(138,139)92(145,146)147/h29-34,37-42,46-54,58-60,64-65H,4-28,35-36,43-45H2,1-3H3. The Morgan fingerprint density at radius 1 is 0.207 bits per heavy atom. The Labute approximate surface area is 816 Å². The molecule has 6 aliphatic carbocycles. The minimum absolute atomic E-state index is 0.00670. The van der Waals surface area contributed by atoms with Gasteiger partial charge in [-0.3, -0.25) is 0 Å². The number of alkyl halides is 57. The van der Waals surface area contributed by atoms with Crippen molar-refractivity contribution >= 4 is 0 Å². The zero-order valence-electron chi connectivity index (χ0n) is 77.8. The second-order valence-electron chi connectivity index (χ2n) is 41.0. The molecule has 9 rings (SSSR count). The average Bonchev–Trinajstić information content (AvgIpc) is 0.691. The number of hydrogen-bond acceptors (Lipinski definition) is 0. The van der Waals surface area contributed by atoms with Crippen molar-refractivity contribution in [1.82, 2.24) is 0 Å². The first kappa shape index (κ1) is 127. The van der Waals surface area contributed by atoms with Crippen LogP contribution in [0.25, 0.3) is 0 Å². The Balaban J connectivity index is 1.14. The maximum atomic E-state index is 16.0. The van der Waals surface area contributed by atoms with Gasteiger partial charge in [-0.15, -0.1) is 0 Å². The molecule has 0 aromatic heterocycles. The van der Waals surface area contributed by atoms with Crippen LogP contribution in [0.3, 0.4) is 0 Å². The van der Waals surface area contributed by atoms with Crippen LogP contribution in [0.4, 0.5) is 250 Å². The predicted octanol–water partition coefficient (Wildman–Crippen LogP) is 38.3. The van der Waals surface area contributed by atoms with Gasteiger partial charge in [0.25, 0.3) is 0 Å². The summed E-state index contributed by atoms with van der Waals surface area (Å²) in [6.07, 6.45) is -16.0. The summed E-state index contributed by atoms with van der Waals surface area (Å²) in [4.78, 5) is 0. The molecule has 3 atom stereocenters. The van der Waals surface area contributed by atoms with Gasteiger partial charge in [0.05, 0.1) is 0 Å². The molecule has 0 heterocycles. The largest absolute Gasteiger partial charge is 0.460 e. The lowest BCUT2D eigenvalue weighted by Gasteiger charge is -2.61. The number of halogens is 57. The molecule has 6 saturated carbocycles. The van der Waals surface area contributed by atoms with Crippen molar-refractivity contribution < 1.29 is 250 Å². The summed E-state index contributed by atoms with van der Waals surface area (Å²) in [7, 11) is 0. The first-order valence-corrected chi connectivity index (χ1v) is 46.9. The van der Waals surface area contributed by atoms with Crippen molar-refractivity contribution in [3.05, 3.63) is 106 Å².